The van der Waals surface area contributed by atoms with Gasteiger partial charge in [0.2, 0.25) is 0 Å². The summed E-state index contributed by atoms with van der Waals surface area (Å²) in [7, 11) is 0. The highest BCUT2D eigenvalue weighted by molar-refractivity contribution is 5.12. The second-order valence-electron chi connectivity index (χ2n) is 2.83. The SMILES string of the molecule is C=CCc1cc(OCCCC)no1. The van der Waals surface area contributed by atoms with Gasteiger partial charge in [0.1, 0.15) is 5.76 Å². The molecule has 1 rings (SSSR count). The Morgan fingerprint density at radius 2 is 2.54 bits per heavy atom. The molecule has 0 bridgehead atoms. The van der Waals surface area contributed by atoms with Crippen LogP contribution in [-0.2, 0) is 6.42 Å². The number of ether oxygens (including phenoxy) is 1. The maximum Gasteiger partial charge on any atom is 0.254 e. The van der Waals surface area contributed by atoms with E-state index in [0.717, 1.165) is 18.6 Å². The van der Waals surface area contributed by atoms with E-state index in [1.54, 1.807) is 12.1 Å². The van der Waals surface area contributed by atoms with Gasteiger partial charge in [0.15, 0.2) is 0 Å². The fourth-order valence-electron chi connectivity index (χ4n) is 0.922. The normalized spacial score (nSPS) is 9.92. The second-order valence-corrected chi connectivity index (χ2v) is 2.83. The van der Waals surface area contributed by atoms with Crippen molar-refractivity contribution in [1.29, 1.82) is 0 Å². The van der Waals surface area contributed by atoms with Crippen molar-refractivity contribution in [2.75, 3.05) is 6.61 Å². The van der Waals surface area contributed by atoms with E-state index in [0.29, 0.717) is 18.9 Å². The molecule has 0 saturated heterocycles. The Morgan fingerprint density at radius 3 is 3.23 bits per heavy atom. The van der Waals surface area contributed by atoms with Gasteiger partial charge in [-0.2, -0.15) is 0 Å². The minimum absolute atomic E-state index is 0.574. The molecule has 1 aromatic heterocycles. The largest absolute Gasteiger partial charge is 0.476 e. The van der Waals surface area contributed by atoms with Gasteiger partial charge in [-0.1, -0.05) is 19.4 Å². The molecule has 3 heteroatoms. The summed E-state index contributed by atoms with van der Waals surface area (Å²) in [5.41, 5.74) is 0. The molecule has 0 spiro atoms. The van der Waals surface area contributed by atoms with Crippen molar-refractivity contribution in [3.8, 4) is 5.88 Å². The molecule has 0 atom stereocenters. The molecule has 0 saturated carbocycles. The summed E-state index contributed by atoms with van der Waals surface area (Å²) in [5.74, 6) is 1.37. The predicted molar refractivity (Wildman–Crippen MR) is 50.8 cm³/mol. The fourth-order valence-corrected chi connectivity index (χ4v) is 0.922. The Bertz CT molecular complexity index is 255. The van der Waals surface area contributed by atoms with Crippen molar-refractivity contribution < 1.29 is 9.26 Å². The van der Waals surface area contributed by atoms with Gasteiger partial charge in [0.05, 0.1) is 6.61 Å². The molecule has 0 aliphatic carbocycles. The van der Waals surface area contributed by atoms with Crippen molar-refractivity contribution >= 4 is 0 Å². The van der Waals surface area contributed by atoms with Crippen molar-refractivity contribution in [1.82, 2.24) is 5.16 Å². The summed E-state index contributed by atoms with van der Waals surface area (Å²) in [5, 5.41) is 3.76. The maximum atomic E-state index is 5.33. The summed E-state index contributed by atoms with van der Waals surface area (Å²) in [6, 6.07) is 1.80. The molecule has 0 aromatic carbocycles. The lowest BCUT2D eigenvalue weighted by atomic mass is 10.3. The van der Waals surface area contributed by atoms with Gasteiger partial charge in [-0.25, -0.2) is 0 Å². The van der Waals surface area contributed by atoms with E-state index in [1.807, 2.05) is 0 Å². The molecule has 0 radical (unpaired) electrons. The van der Waals surface area contributed by atoms with Gasteiger partial charge in [0.25, 0.3) is 5.88 Å². The number of unbranched alkanes of at least 4 members (excludes halogenated alkanes) is 1. The molecule has 1 heterocycles. The summed E-state index contributed by atoms with van der Waals surface area (Å²) in [6.07, 6.45) is 4.64. The number of rotatable bonds is 6. The van der Waals surface area contributed by atoms with Gasteiger partial charge in [-0.3, -0.25) is 0 Å². The van der Waals surface area contributed by atoms with E-state index in [9.17, 15) is 0 Å². The monoisotopic (exact) mass is 181 g/mol. The number of nitrogens with zero attached hydrogens (tertiary/aromatic N) is 1. The molecule has 3 nitrogen and oxygen atoms in total. The van der Waals surface area contributed by atoms with Crippen LogP contribution in [0.15, 0.2) is 23.2 Å². The molecule has 0 aliphatic heterocycles. The van der Waals surface area contributed by atoms with Crippen molar-refractivity contribution in [3.63, 3.8) is 0 Å². The number of hydrogen-bond acceptors (Lipinski definition) is 3. The van der Waals surface area contributed by atoms with Crippen LogP contribution in [0.5, 0.6) is 5.88 Å². The van der Waals surface area contributed by atoms with Crippen LogP contribution in [0.25, 0.3) is 0 Å². The lowest BCUT2D eigenvalue weighted by Crippen LogP contribution is -1.95. The zero-order valence-electron chi connectivity index (χ0n) is 7.95. The van der Waals surface area contributed by atoms with Gasteiger partial charge >= 0.3 is 0 Å². The third-order valence-corrected chi connectivity index (χ3v) is 1.63. The molecule has 0 N–H and O–H groups in total. The third kappa shape index (κ3) is 3.32. The molecular formula is C10H15NO2. The fraction of sp³-hybridized carbons (Fsp3) is 0.500. The molecule has 1 aromatic rings. The van der Waals surface area contributed by atoms with Crippen LogP contribution < -0.4 is 4.74 Å². The van der Waals surface area contributed by atoms with Gasteiger partial charge in [0, 0.05) is 12.5 Å². The molecule has 0 amide bonds. The zero-order valence-corrected chi connectivity index (χ0v) is 7.95. The molecule has 0 unspecified atom stereocenters. The summed E-state index contributed by atoms with van der Waals surface area (Å²) in [6.45, 7) is 6.44. The van der Waals surface area contributed by atoms with E-state index in [2.05, 4.69) is 18.7 Å². The number of hydrogen-bond donors (Lipinski definition) is 0. The summed E-state index contributed by atoms with van der Waals surface area (Å²) in [4.78, 5) is 0. The lowest BCUT2D eigenvalue weighted by molar-refractivity contribution is 0.271. The Hall–Kier alpha value is -1.25. The minimum Gasteiger partial charge on any atom is -0.476 e. The summed E-state index contributed by atoms with van der Waals surface area (Å²) < 4.78 is 10.3. The van der Waals surface area contributed by atoms with Crippen molar-refractivity contribution in [3.05, 3.63) is 24.5 Å². The Morgan fingerprint density at radius 1 is 1.69 bits per heavy atom. The molecule has 0 aliphatic rings. The average Bonchev–Trinajstić information content (AvgIpc) is 2.54. The Labute approximate surface area is 78.4 Å². The van der Waals surface area contributed by atoms with Crippen molar-refractivity contribution in [2.45, 2.75) is 26.2 Å². The first kappa shape index (κ1) is 9.84. The third-order valence-electron chi connectivity index (χ3n) is 1.63. The van der Waals surface area contributed by atoms with E-state index < -0.39 is 0 Å². The van der Waals surface area contributed by atoms with Gasteiger partial charge in [-0.05, 0) is 11.6 Å². The molecular weight excluding hydrogens is 166 g/mol. The van der Waals surface area contributed by atoms with E-state index in [4.69, 9.17) is 9.26 Å². The molecule has 0 fully saturated rings. The van der Waals surface area contributed by atoms with Crippen molar-refractivity contribution in [2.24, 2.45) is 0 Å². The molecule has 13 heavy (non-hydrogen) atoms. The lowest BCUT2D eigenvalue weighted by Gasteiger charge is -1.97. The van der Waals surface area contributed by atoms with Crippen LogP contribution >= 0.6 is 0 Å². The average molecular weight is 181 g/mol. The quantitative estimate of drug-likeness (QED) is 0.499. The highest BCUT2D eigenvalue weighted by Gasteiger charge is 2.02. The van der Waals surface area contributed by atoms with E-state index in [1.165, 1.54) is 0 Å². The van der Waals surface area contributed by atoms with Crippen LogP contribution in [0.4, 0.5) is 0 Å². The summed E-state index contributed by atoms with van der Waals surface area (Å²) >= 11 is 0. The zero-order chi connectivity index (χ0) is 9.52. The number of allylic oxidation sites excluding steroid dienone is 1. The first-order valence-corrected chi connectivity index (χ1v) is 4.56. The highest BCUT2D eigenvalue weighted by atomic mass is 16.5. The number of aromatic nitrogens is 1. The Balaban J connectivity index is 2.35. The Kier molecular flexibility index (Phi) is 4.09. The van der Waals surface area contributed by atoms with Gasteiger partial charge in [-0.15, -0.1) is 6.58 Å². The first-order chi connectivity index (χ1) is 6.36. The van der Waals surface area contributed by atoms with Gasteiger partial charge < -0.3 is 9.26 Å². The topological polar surface area (TPSA) is 35.3 Å². The standard InChI is InChI=1S/C10H15NO2/c1-3-5-7-12-10-8-9(6-4-2)13-11-10/h4,8H,2-3,5-7H2,1H3. The smallest absolute Gasteiger partial charge is 0.254 e. The first-order valence-electron chi connectivity index (χ1n) is 4.56. The van der Waals surface area contributed by atoms with Crippen LogP contribution in [0.3, 0.4) is 0 Å². The second kappa shape index (κ2) is 5.41. The predicted octanol–water partition coefficient (Wildman–Crippen LogP) is 2.58. The van der Waals surface area contributed by atoms with E-state index in [-0.39, 0.29) is 0 Å². The van der Waals surface area contributed by atoms with Crippen LogP contribution in [0.1, 0.15) is 25.5 Å². The minimum atomic E-state index is 0.574. The molecule has 72 valence electrons. The highest BCUT2D eigenvalue weighted by Crippen LogP contribution is 2.12. The van der Waals surface area contributed by atoms with Crippen LogP contribution in [-0.4, -0.2) is 11.8 Å². The maximum absolute atomic E-state index is 5.33. The van der Waals surface area contributed by atoms with Crippen LogP contribution in [0.2, 0.25) is 0 Å². The van der Waals surface area contributed by atoms with E-state index >= 15 is 0 Å². The van der Waals surface area contributed by atoms with Crippen LogP contribution in [0, 0.1) is 0 Å².